The van der Waals surface area contributed by atoms with E-state index in [2.05, 4.69) is 36.9 Å². The monoisotopic (exact) mass is 260 g/mol. The standard InChI is InChI=1S/C16H24N2O/c1-11(2)10-18-7-5-14(17)16(18)13-3-4-15-12(9-13)6-8-19-15/h3-4,9,11,14,16H,5-8,10,17H2,1-2H3. The van der Waals surface area contributed by atoms with Crippen LogP contribution in [0.2, 0.25) is 0 Å². The molecular weight excluding hydrogens is 236 g/mol. The van der Waals surface area contributed by atoms with Gasteiger partial charge < -0.3 is 10.5 Å². The number of nitrogens with two attached hydrogens (primary N) is 1. The molecule has 2 aliphatic rings. The van der Waals surface area contributed by atoms with E-state index >= 15 is 0 Å². The maximum absolute atomic E-state index is 6.35. The molecule has 1 saturated heterocycles. The van der Waals surface area contributed by atoms with E-state index in [-0.39, 0.29) is 6.04 Å². The van der Waals surface area contributed by atoms with Crippen LogP contribution in [0.25, 0.3) is 0 Å². The number of fused-ring (bicyclic) bond motifs is 1. The van der Waals surface area contributed by atoms with Gasteiger partial charge in [-0.15, -0.1) is 0 Å². The van der Waals surface area contributed by atoms with E-state index in [9.17, 15) is 0 Å². The number of hydrogen-bond donors (Lipinski definition) is 1. The van der Waals surface area contributed by atoms with E-state index in [0.717, 1.165) is 38.3 Å². The van der Waals surface area contributed by atoms with E-state index in [1.807, 2.05) is 0 Å². The van der Waals surface area contributed by atoms with E-state index in [1.54, 1.807) is 0 Å². The minimum Gasteiger partial charge on any atom is -0.493 e. The van der Waals surface area contributed by atoms with Crippen LogP contribution in [0.4, 0.5) is 0 Å². The van der Waals surface area contributed by atoms with Crippen molar-refractivity contribution in [2.75, 3.05) is 19.7 Å². The van der Waals surface area contributed by atoms with E-state index in [4.69, 9.17) is 10.5 Å². The van der Waals surface area contributed by atoms with Gasteiger partial charge >= 0.3 is 0 Å². The molecule has 3 rings (SSSR count). The van der Waals surface area contributed by atoms with Gasteiger partial charge in [-0.2, -0.15) is 0 Å². The summed E-state index contributed by atoms with van der Waals surface area (Å²) in [6.07, 6.45) is 2.14. The predicted molar refractivity (Wildman–Crippen MR) is 77.4 cm³/mol. The van der Waals surface area contributed by atoms with Gasteiger partial charge in [0.2, 0.25) is 0 Å². The Morgan fingerprint density at radius 1 is 1.42 bits per heavy atom. The average molecular weight is 260 g/mol. The molecule has 3 heteroatoms. The lowest BCUT2D eigenvalue weighted by Crippen LogP contribution is -2.33. The van der Waals surface area contributed by atoms with Crippen molar-refractivity contribution in [2.45, 2.75) is 38.8 Å². The van der Waals surface area contributed by atoms with Crippen molar-refractivity contribution in [1.82, 2.24) is 4.90 Å². The molecule has 1 aromatic carbocycles. The van der Waals surface area contributed by atoms with Gasteiger partial charge in [0.1, 0.15) is 5.75 Å². The summed E-state index contributed by atoms with van der Waals surface area (Å²) in [6, 6.07) is 7.28. The molecule has 0 aromatic heterocycles. The van der Waals surface area contributed by atoms with Crippen molar-refractivity contribution in [3.63, 3.8) is 0 Å². The summed E-state index contributed by atoms with van der Waals surface area (Å²) in [4.78, 5) is 2.55. The molecule has 3 nitrogen and oxygen atoms in total. The molecule has 0 aliphatic carbocycles. The predicted octanol–water partition coefficient (Wildman–Crippen LogP) is 2.35. The Kier molecular flexibility index (Phi) is 3.50. The van der Waals surface area contributed by atoms with Crippen molar-refractivity contribution >= 4 is 0 Å². The summed E-state index contributed by atoms with van der Waals surface area (Å²) < 4.78 is 5.59. The van der Waals surface area contributed by atoms with Crippen LogP contribution >= 0.6 is 0 Å². The van der Waals surface area contributed by atoms with Crippen LogP contribution in [-0.2, 0) is 6.42 Å². The summed E-state index contributed by atoms with van der Waals surface area (Å²) in [6.45, 7) is 7.63. The Balaban J connectivity index is 1.86. The zero-order valence-corrected chi connectivity index (χ0v) is 11.9. The molecule has 1 aromatic rings. The maximum Gasteiger partial charge on any atom is 0.122 e. The Morgan fingerprint density at radius 2 is 2.26 bits per heavy atom. The fourth-order valence-corrected chi connectivity index (χ4v) is 3.40. The van der Waals surface area contributed by atoms with Gasteiger partial charge in [-0.1, -0.05) is 26.0 Å². The summed E-state index contributed by atoms with van der Waals surface area (Å²) in [5.74, 6) is 1.75. The lowest BCUT2D eigenvalue weighted by atomic mass is 9.97. The zero-order valence-electron chi connectivity index (χ0n) is 11.9. The number of benzene rings is 1. The van der Waals surface area contributed by atoms with E-state index < -0.39 is 0 Å². The summed E-state index contributed by atoms with van der Waals surface area (Å²) in [7, 11) is 0. The fraction of sp³-hybridized carbons (Fsp3) is 0.625. The molecular formula is C16H24N2O. The largest absolute Gasteiger partial charge is 0.493 e. The molecule has 0 bridgehead atoms. The summed E-state index contributed by atoms with van der Waals surface area (Å²) >= 11 is 0. The Hall–Kier alpha value is -1.06. The molecule has 19 heavy (non-hydrogen) atoms. The molecule has 1 fully saturated rings. The smallest absolute Gasteiger partial charge is 0.122 e. The van der Waals surface area contributed by atoms with Crippen molar-refractivity contribution in [3.05, 3.63) is 29.3 Å². The molecule has 2 heterocycles. The number of rotatable bonds is 3. The molecule has 2 atom stereocenters. The maximum atomic E-state index is 6.35. The molecule has 104 valence electrons. The highest BCUT2D eigenvalue weighted by atomic mass is 16.5. The van der Waals surface area contributed by atoms with Crippen molar-refractivity contribution in [3.8, 4) is 5.75 Å². The van der Waals surface area contributed by atoms with E-state index in [1.165, 1.54) is 11.1 Å². The van der Waals surface area contributed by atoms with Gasteiger partial charge in [0.15, 0.2) is 0 Å². The first-order chi connectivity index (χ1) is 9.15. The van der Waals surface area contributed by atoms with Gasteiger partial charge in [-0.3, -0.25) is 4.90 Å². The van der Waals surface area contributed by atoms with Gasteiger partial charge in [0.05, 0.1) is 6.61 Å². The summed E-state index contributed by atoms with van der Waals surface area (Å²) in [5, 5.41) is 0. The normalized spacial score (nSPS) is 26.7. The van der Waals surface area contributed by atoms with Crippen LogP contribution in [0.1, 0.15) is 37.4 Å². The van der Waals surface area contributed by atoms with Crippen LogP contribution in [0.3, 0.4) is 0 Å². The lowest BCUT2D eigenvalue weighted by Gasteiger charge is -2.28. The Labute approximate surface area is 115 Å². The molecule has 0 amide bonds. The minimum absolute atomic E-state index is 0.263. The Bertz CT molecular complexity index is 458. The van der Waals surface area contributed by atoms with Crippen LogP contribution in [0.5, 0.6) is 5.75 Å². The number of ether oxygens (including phenoxy) is 1. The van der Waals surface area contributed by atoms with Crippen molar-refractivity contribution in [2.24, 2.45) is 11.7 Å². The molecule has 2 N–H and O–H groups in total. The van der Waals surface area contributed by atoms with Crippen molar-refractivity contribution < 1.29 is 4.74 Å². The van der Waals surface area contributed by atoms with Crippen LogP contribution < -0.4 is 10.5 Å². The topological polar surface area (TPSA) is 38.5 Å². The number of nitrogens with zero attached hydrogens (tertiary/aromatic N) is 1. The summed E-state index contributed by atoms with van der Waals surface area (Å²) in [5.41, 5.74) is 9.07. The third-order valence-corrected chi connectivity index (χ3v) is 4.20. The molecule has 0 radical (unpaired) electrons. The molecule has 0 saturated carbocycles. The second-order valence-corrected chi connectivity index (χ2v) is 6.25. The third kappa shape index (κ3) is 2.49. The van der Waals surface area contributed by atoms with Gasteiger partial charge in [0, 0.05) is 31.6 Å². The molecule has 2 unspecified atom stereocenters. The first kappa shape index (κ1) is 12.9. The first-order valence-corrected chi connectivity index (χ1v) is 7.40. The zero-order chi connectivity index (χ0) is 13.4. The third-order valence-electron chi connectivity index (χ3n) is 4.20. The highest BCUT2D eigenvalue weighted by Gasteiger charge is 2.33. The fourth-order valence-electron chi connectivity index (χ4n) is 3.40. The highest BCUT2D eigenvalue weighted by molar-refractivity contribution is 5.41. The van der Waals surface area contributed by atoms with Crippen LogP contribution in [0.15, 0.2) is 18.2 Å². The number of hydrogen-bond acceptors (Lipinski definition) is 3. The minimum atomic E-state index is 0.263. The quantitative estimate of drug-likeness (QED) is 0.906. The van der Waals surface area contributed by atoms with Crippen LogP contribution in [-0.4, -0.2) is 30.6 Å². The van der Waals surface area contributed by atoms with Gasteiger partial charge in [-0.25, -0.2) is 0 Å². The Morgan fingerprint density at radius 3 is 3.05 bits per heavy atom. The van der Waals surface area contributed by atoms with Crippen LogP contribution in [0, 0.1) is 5.92 Å². The molecule has 2 aliphatic heterocycles. The second-order valence-electron chi connectivity index (χ2n) is 6.25. The molecule has 0 spiro atoms. The average Bonchev–Trinajstić information content (AvgIpc) is 2.94. The number of likely N-dealkylation sites (tertiary alicyclic amines) is 1. The highest BCUT2D eigenvalue weighted by Crippen LogP contribution is 2.35. The second kappa shape index (κ2) is 5.14. The van der Waals surface area contributed by atoms with E-state index in [0.29, 0.717) is 12.0 Å². The van der Waals surface area contributed by atoms with Crippen molar-refractivity contribution in [1.29, 1.82) is 0 Å². The first-order valence-electron chi connectivity index (χ1n) is 7.40. The van der Waals surface area contributed by atoms with Gasteiger partial charge in [0.25, 0.3) is 0 Å². The van der Waals surface area contributed by atoms with Gasteiger partial charge in [-0.05, 0) is 29.5 Å². The lowest BCUT2D eigenvalue weighted by molar-refractivity contribution is 0.221. The SMILES string of the molecule is CC(C)CN1CCC(N)C1c1ccc2c(c1)CCO2.